The maximum Gasteiger partial charge on any atom is 0.182 e. The predicted octanol–water partition coefficient (Wildman–Crippen LogP) is 3.05. The van der Waals surface area contributed by atoms with Crippen LogP contribution in [0, 0.1) is 0 Å². The molecule has 0 radical (unpaired) electrons. The molecule has 30 heavy (non-hydrogen) atoms. The lowest BCUT2D eigenvalue weighted by Gasteiger charge is -2.29. The van der Waals surface area contributed by atoms with Gasteiger partial charge in [-0.3, -0.25) is 4.68 Å². The van der Waals surface area contributed by atoms with Crippen molar-refractivity contribution in [3.63, 3.8) is 0 Å². The molecule has 2 bridgehead atoms. The van der Waals surface area contributed by atoms with Crippen molar-refractivity contribution in [3.8, 4) is 28.1 Å². The summed E-state index contributed by atoms with van der Waals surface area (Å²) in [6.45, 7) is 0. The number of nitrogens with one attached hydrogen (secondary N) is 1. The monoisotopic (exact) mass is 401 g/mol. The number of nitrogens with zero attached hydrogens (tertiary/aromatic N) is 6. The lowest BCUT2D eigenvalue weighted by atomic mass is 10.00. The van der Waals surface area contributed by atoms with Crippen LogP contribution >= 0.6 is 0 Å². The van der Waals surface area contributed by atoms with Crippen molar-refractivity contribution in [1.82, 2.24) is 34.8 Å². The van der Waals surface area contributed by atoms with Crippen LogP contribution in [0.2, 0.25) is 0 Å². The Bertz CT molecular complexity index is 1230. The first-order valence-corrected chi connectivity index (χ1v) is 10.4. The fourth-order valence-corrected chi connectivity index (χ4v) is 4.98. The number of rotatable bonds is 3. The van der Waals surface area contributed by atoms with E-state index in [1.54, 1.807) is 16.9 Å². The van der Waals surface area contributed by atoms with Crippen molar-refractivity contribution in [2.24, 2.45) is 7.05 Å². The van der Waals surface area contributed by atoms with Gasteiger partial charge in [-0.2, -0.15) is 5.10 Å². The fourth-order valence-electron chi connectivity index (χ4n) is 4.98. The number of imidazole rings is 1. The van der Waals surface area contributed by atoms with Crippen molar-refractivity contribution < 1.29 is 5.11 Å². The molecule has 2 aliphatic rings. The average molecular weight is 401 g/mol. The van der Waals surface area contributed by atoms with Crippen molar-refractivity contribution in [3.05, 3.63) is 43.0 Å². The molecule has 8 nitrogen and oxygen atoms in total. The average Bonchev–Trinajstić information content (AvgIpc) is 3.45. The van der Waals surface area contributed by atoms with Gasteiger partial charge in [0.2, 0.25) is 0 Å². The molecule has 3 aromatic heterocycles. The lowest BCUT2D eigenvalue weighted by Crippen LogP contribution is -2.38. The first-order chi connectivity index (χ1) is 14.6. The molecule has 1 aromatic carbocycles. The number of fused-ring (bicyclic) bond motifs is 3. The third-order valence-corrected chi connectivity index (χ3v) is 6.47. The smallest absolute Gasteiger partial charge is 0.182 e. The fraction of sp³-hybridized carbons (Fsp3) is 0.364. The highest BCUT2D eigenvalue weighted by Gasteiger charge is 2.34. The van der Waals surface area contributed by atoms with Crippen LogP contribution in [0.4, 0.5) is 0 Å². The Balaban J connectivity index is 1.33. The Morgan fingerprint density at radius 2 is 1.90 bits per heavy atom. The van der Waals surface area contributed by atoms with E-state index in [0.717, 1.165) is 35.1 Å². The standard InChI is InChI=1S/C22H23N7O/c1-28-11-14(10-24-28)13-2-5-18(21(30)6-13)19-9-20-22(27-26-19)29(12-23-20)17-7-15-3-4-16(8-17)25-15/h2,5-6,9-12,15-17,25,30H,3-4,7-8H2,1H3/t15-,16?,17?/m1/s1. The number of hydrogen-bond acceptors (Lipinski definition) is 6. The van der Waals surface area contributed by atoms with E-state index >= 15 is 0 Å². The van der Waals surface area contributed by atoms with Gasteiger partial charge in [-0.1, -0.05) is 6.07 Å². The van der Waals surface area contributed by atoms with Crippen LogP contribution in [-0.4, -0.2) is 46.7 Å². The normalized spacial score (nSPS) is 23.3. The van der Waals surface area contributed by atoms with Crippen molar-refractivity contribution in [1.29, 1.82) is 0 Å². The summed E-state index contributed by atoms with van der Waals surface area (Å²) >= 11 is 0. The minimum Gasteiger partial charge on any atom is -0.507 e. The van der Waals surface area contributed by atoms with Crippen LogP contribution in [-0.2, 0) is 7.05 Å². The molecule has 2 aliphatic heterocycles. The maximum absolute atomic E-state index is 10.6. The zero-order valence-electron chi connectivity index (χ0n) is 16.7. The summed E-state index contributed by atoms with van der Waals surface area (Å²) in [6.07, 6.45) is 10.3. The highest BCUT2D eigenvalue weighted by Crippen LogP contribution is 2.36. The number of aryl methyl sites for hydroxylation is 1. The zero-order chi connectivity index (χ0) is 20.2. The minimum absolute atomic E-state index is 0.166. The van der Waals surface area contributed by atoms with Crippen molar-refractivity contribution >= 4 is 11.2 Å². The van der Waals surface area contributed by atoms with Gasteiger partial charge in [-0.05, 0) is 49.4 Å². The molecule has 5 heterocycles. The summed E-state index contributed by atoms with van der Waals surface area (Å²) in [4.78, 5) is 4.60. The number of benzene rings is 1. The van der Waals surface area contributed by atoms with E-state index in [4.69, 9.17) is 0 Å². The lowest BCUT2D eigenvalue weighted by molar-refractivity contribution is 0.302. The molecule has 0 saturated carbocycles. The first-order valence-electron chi connectivity index (χ1n) is 10.4. The first kappa shape index (κ1) is 17.6. The van der Waals surface area contributed by atoms with E-state index in [2.05, 4.69) is 30.2 Å². The summed E-state index contributed by atoms with van der Waals surface area (Å²) in [5.74, 6) is 0.166. The molecule has 2 unspecified atom stereocenters. The Morgan fingerprint density at radius 1 is 1.07 bits per heavy atom. The zero-order valence-corrected chi connectivity index (χ0v) is 16.7. The molecule has 2 N–H and O–H groups in total. The van der Waals surface area contributed by atoms with E-state index in [1.807, 2.05) is 37.8 Å². The Morgan fingerprint density at radius 3 is 2.63 bits per heavy atom. The van der Waals surface area contributed by atoms with Gasteiger partial charge in [0.05, 0.1) is 18.2 Å². The molecular formula is C22H23N7O. The van der Waals surface area contributed by atoms with E-state index in [1.165, 1.54) is 12.8 Å². The number of aromatic hydroxyl groups is 1. The highest BCUT2D eigenvalue weighted by atomic mass is 16.3. The second-order valence-corrected chi connectivity index (χ2v) is 8.49. The van der Waals surface area contributed by atoms with Gasteiger partial charge in [-0.25, -0.2) is 4.98 Å². The summed E-state index contributed by atoms with van der Waals surface area (Å²) in [5, 5.41) is 27.4. The third kappa shape index (κ3) is 2.87. The molecule has 4 aromatic rings. The van der Waals surface area contributed by atoms with E-state index in [9.17, 15) is 5.11 Å². The quantitative estimate of drug-likeness (QED) is 0.548. The van der Waals surface area contributed by atoms with Gasteiger partial charge in [0, 0.05) is 42.5 Å². The van der Waals surface area contributed by atoms with Crippen LogP contribution in [0.25, 0.3) is 33.5 Å². The molecule has 6 rings (SSSR count). The van der Waals surface area contributed by atoms with Crippen LogP contribution in [0.1, 0.15) is 31.7 Å². The molecule has 8 heteroatoms. The molecule has 2 saturated heterocycles. The molecule has 2 fully saturated rings. The predicted molar refractivity (Wildman–Crippen MR) is 113 cm³/mol. The maximum atomic E-state index is 10.6. The van der Waals surface area contributed by atoms with Gasteiger partial charge in [0.25, 0.3) is 0 Å². The molecule has 152 valence electrons. The van der Waals surface area contributed by atoms with E-state index in [0.29, 0.717) is 29.4 Å². The van der Waals surface area contributed by atoms with Crippen LogP contribution in [0.15, 0.2) is 43.0 Å². The highest BCUT2D eigenvalue weighted by molar-refractivity contribution is 5.79. The van der Waals surface area contributed by atoms with Gasteiger partial charge in [-0.15, -0.1) is 10.2 Å². The summed E-state index contributed by atoms with van der Waals surface area (Å²) in [5.41, 5.74) is 4.75. The largest absolute Gasteiger partial charge is 0.507 e. The van der Waals surface area contributed by atoms with Crippen LogP contribution in [0.5, 0.6) is 5.75 Å². The Labute approximate surface area is 173 Å². The summed E-state index contributed by atoms with van der Waals surface area (Å²) < 4.78 is 3.92. The Kier molecular flexibility index (Phi) is 3.89. The van der Waals surface area contributed by atoms with E-state index in [-0.39, 0.29) is 5.75 Å². The number of piperidine rings is 1. The molecule has 0 spiro atoms. The molecular weight excluding hydrogens is 378 g/mol. The number of phenols is 1. The van der Waals surface area contributed by atoms with Crippen molar-refractivity contribution in [2.75, 3.05) is 0 Å². The van der Waals surface area contributed by atoms with E-state index < -0.39 is 0 Å². The van der Waals surface area contributed by atoms with Crippen LogP contribution in [0.3, 0.4) is 0 Å². The summed E-state index contributed by atoms with van der Waals surface area (Å²) in [7, 11) is 1.87. The minimum atomic E-state index is 0.166. The van der Waals surface area contributed by atoms with Crippen molar-refractivity contribution in [2.45, 2.75) is 43.8 Å². The van der Waals surface area contributed by atoms with Crippen LogP contribution < -0.4 is 5.32 Å². The molecule has 0 aliphatic carbocycles. The third-order valence-electron chi connectivity index (χ3n) is 6.47. The second kappa shape index (κ2) is 6.63. The number of aromatic nitrogens is 6. The van der Waals surface area contributed by atoms with Gasteiger partial charge in [0.1, 0.15) is 11.3 Å². The number of phenolic OH excluding ortho intramolecular Hbond substituents is 1. The van der Waals surface area contributed by atoms with Gasteiger partial charge < -0.3 is 15.0 Å². The number of hydrogen-bond donors (Lipinski definition) is 2. The molecule has 0 amide bonds. The second-order valence-electron chi connectivity index (χ2n) is 8.49. The van der Waals surface area contributed by atoms with Gasteiger partial charge >= 0.3 is 0 Å². The topological polar surface area (TPSA) is 93.7 Å². The Hall–Kier alpha value is -3.26. The SMILES string of the molecule is Cn1cc(-c2ccc(-c3cc4ncn(C5CC6CC[C@H](C5)N6)c4nn3)c(O)c2)cn1. The summed E-state index contributed by atoms with van der Waals surface area (Å²) in [6, 6.07) is 9.11. The van der Waals surface area contributed by atoms with Gasteiger partial charge in [0.15, 0.2) is 5.65 Å². The molecule has 3 atom stereocenters.